The van der Waals surface area contributed by atoms with E-state index >= 15 is 0 Å². The topological polar surface area (TPSA) is 21.3 Å². The van der Waals surface area contributed by atoms with Crippen LogP contribution in [-0.4, -0.2) is 25.8 Å². The highest BCUT2D eigenvalue weighted by molar-refractivity contribution is 4.70. The average Bonchev–Trinajstić information content (AvgIpc) is 2.17. The first kappa shape index (κ1) is 13.9. The summed E-state index contributed by atoms with van der Waals surface area (Å²) in [7, 11) is 2.00. The van der Waals surface area contributed by atoms with Gasteiger partial charge in [0.2, 0.25) is 0 Å². The molecular weight excluding hydrogens is 174 g/mol. The number of ether oxygens (including phenoxy) is 1. The van der Waals surface area contributed by atoms with Crippen LogP contribution in [0.2, 0.25) is 0 Å². The first-order valence-electron chi connectivity index (χ1n) is 5.94. The van der Waals surface area contributed by atoms with Crippen molar-refractivity contribution < 1.29 is 4.74 Å². The fourth-order valence-corrected chi connectivity index (χ4v) is 1.78. The molecule has 0 spiro atoms. The van der Waals surface area contributed by atoms with Crippen LogP contribution in [0.5, 0.6) is 0 Å². The van der Waals surface area contributed by atoms with Gasteiger partial charge in [-0.15, -0.1) is 0 Å². The van der Waals surface area contributed by atoms with E-state index in [9.17, 15) is 0 Å². The monoisotopic (exact) mass is 201 g/mol. The summed E-state index contributed by atoms with van der Waals surface area (Å²) in [6.45, 7) is 9.73. The minimum Gasteiger partial charge on any atom is -0.377 e. The van der Waals surface area contributed by atoms with Crippen LogP contribution in [0.15, 0.2) is 0 Å². The smallest absolute Gasteiger partial charge is 0.0699 e. The maximum Gasteiger partial charge on any atom is 0.0699 e. The average molecular weight is 201 g/mol. The van der Waals surface area contributed by atoms with Crippen molar-refractivity contribution in [3.05, 3.63) is 0 Å². The molecule has 86 valence electrons. The van der Waals surface area contributed by atoms with Crippen LogP contribution in [-0.2, 0) is 4.74 Å². The quantitative estimate of drug-likeness (QED) is 0.652. The van der Waals surface area contributed by atoms with Crippen LogP contribution < -0.4 is 5.32 Å². The summed E-state index contributed by atoms with van der Waals surface area (Å²) in [6, 6.07) is 0.490. The molecule has 0 heterocycles. The van der Waals surface area contributed by atoms with Crippen LogP contribution in [0, 0.1) is 5.92 Å². The van der Waals surface area contributed by atoms with Gasteiger partial charge < -0.3 is 10.1 Å². The largest absolute Gasteiger partial charge is 0.377 e. The molecule has 0 fully saturated rings. The van der Waals surface area contributed by atoms with E-state index in [1.54, 1.807) is 0 Å². The number of hydrogen-bond acceptors (Lipinski definition) is 2. The lowest BCUT2D eigenvalue weighted by Crippen LogP contribution is -2.37. The molecule has 0 aliphatic rings. The molecule has 0 aliphatic carbocycles. The van der Waals surface area contributed by atoms with E-state index in [4.69, 9.17) is 4.74 Å². The molecule has 2 nitrogen and oxygen atoms in total. The van der Waals surface area contributed by atoms with E-state index in [2.05, 4.69) is 33.0 Å². The number of likely N-dealkylation sites (N-methyl/N-ethyl adjacent to an activating group) is 1. The summed E-state index contributed by atoms with van der Waals surface area (Å²) in [6.07, 6.45) is 3.97. The van der Waals surface area contributed by atoms with Crippen molar-refractivity contribution in [2.75, 3.05) is 13.7 Å². The van der Waals surface area contributed by atoms with E-state index in [0.29, 0.717) is 18.1 Å². The van der Waals surface area contributed by atoms with Crippen molar-refractivity contribution >= 4 is 0 Å². The molecule has 1 N–H and O–H groups in total. The summed E-state index contributed by atoms with van der Waals surface area (Å²) < 4.78 is 5.84. The summed E-state index contributed by atoms with van der Waals surface area (Å²) >= 11 is 0. The standard InChI is InChI=1S/C12H27NO/c1-6-8-10(3)9-14-11(4)12(7-2)13-5/h10-13H,6-9H2,1-5H3. The maximum atomic E-state index is 5.84. The molecule has 3 atom stereocenters. The Bertz CT molecular complexity index is 123. The molecular formula is C12H27NO. The lowest BCUT2D eigenvalue weighted by Gasteiger charge is -2.24. The lowest BCUT2D eigenvalue weighted by atomic mass is 10.1. The molecule has 0 aromatic rings. The molecule has 2 heteroatoms. The first-order valence-corrected chi connectivity index (χ1v) is 5.94. The third-order valence-corrected chi connectivity index (χ3v) is 2.80. The minimum atomic E-state index is 0.323. The summed E-state index contributed by atoms with van der Waals surface area (Å²) in [5.74, 6) is 0.691. The Morgan fingerprint density at radius 3 is 2.29 bits per heavy atom. The molecule has 14 heavy (non-hydrogen) atoms. The van der Waals surface area contributed by atoms with Gasteiger partial charge in [-0.2, -0.15) is 0 Å². The molecule has 0 bridgehead atoms. The number of hydrogen-bond donors (Lipinski definition) is 1. The molecule has 0 saturated heterocycles. The highest BCUT2D eigenvalue weighted by atomic mass is 16.5. The summed E-state index contributed by atoms with van der Waals surface area (Å²) in [5, 5.41) is 3.28. The Morgan fingerprint density at radius 2 is 1.86 bits per heavy atom. The Balaban J connectivity index is 3.65. The van der Waals surface area contributed by atoms with Crippen molar-refractivity contribution in [3.63, 3.8) is 0 Å². The zero-order valence-electron chi connectivity index (χ0n) is 10.5. The normalized spacial score (nSPS) is 17.8. The zero-order valence-corrected chi connectivity index (χ0v) is 10.5. The predicted octanol–water partition coefficient (Wildman–Crippen LogP) is 2.83. The Morgan fingerprint density at radius 1 is 1.21 bits per heavy atom. The van der Waals surface area contributed by atoms with Gasteiger partial charge in [0.1, 0.15) is 0 Å². The van der Waals surface area contributed by atoms with Gasteiger partial charge in [-0.05, 0) is 32.7 Å². The number of nitrogens with one attached hydrogen (secondary N) is 1. The SMILES string of the molecule is CCCC(C)COC(C)C(CC)NC. The van der Waals surface area contributed by atoms with Gasteiger partial charge in [-0.1, -0.05) is 27.2 Å². The predicted molar refractivity (Wildman–Crippen MR) is 62.6 cm³/mol. The summed E-state index contributed by atoms with van der Waals surface area (Å²) in [4.78, 5) is 0. The van der Waals surface area contributed by atoms with Crippen LogP contribution in [0.25, 0.3) is 0 Å². The molecule has 0 aromatic carbocycles. The van der Waals surface area contributed by atoms with Crippen LogP contribution in [0.3, 0.4) is 0 Å². The van der Waals surface area contributed by atoms with E-state index < -0.39 is 0 Å². The molecule has 0 amide bonds. The van der Waals surface area contributed by atoms with Gasteiger partial charge in [-0.25, -0.2) is 0 Å². The Kier molecular flexibility index (Phi) is 8.20. The van der Waals surface area contributed by atoms with Crippen molar-refractivity contribution in [3.8, 4) is 0 Å². The first-order chi connectivity index (χ1) is 6.65. The fraction of sp³-hybridized carbons (Fsp3) is 1.00. The van der Waals surface area contributed by atoms with Gasteiger partial charge in [0.05, 0.1) is 6.10 Å². The van der Waals surface area contributed by atoms with Gasteiger partial charge in [0.25, 0.3) is 0 Å². The number of rotatable bonds is 8. The maximum absolute atomic E-state index is 5.84. The van der Waals surface area contributed by atoms with Gasteiger partial charge >= 0.3 is 0 Å². The zero-order chi connectivity index (χ0) is 11.0. The van der Waals surface area contributed by atoms with E-state index in [0.717, 1.165) is 13.0 Å². The second-order valence-electron chi connectivity index (χ2n) is 4.24. The second-order valence-corrected chi connectivity index (χ2v) is 4.24. The van der Waals surface area contributed by atoms with E-state index in [-0.39, 0.29) is 0 Å². The molecule has 0 rings (SSSR count). The van der Waals surface area contributed by atoms with Gasteiger partial charge in [0, 0.05) is 12.6 Å². The van der Waals surface area contributed by atoms with Gasteiger partial charge in [0.15, 0.2) is 0 Å². The molecule has 0 aromatic heterocycles. The summed E-state index contributed by atoms with van der Waals surface area (Å²) in [5.41, 5.74) is 0. The van der Waals surface area contributed by atoms with Crippen molar-refractivity contribution in [2.45, 2.75) is 59.1 Å². The molecule has 0 aliphatic heterocycles. The van der Waals surface area contributed by atoms with Crippen molar-refractivity contribution in [2.24, 2.45) is 5.92 Å². The van der Waals surface area contributed by atoms with Crippen LogP contribution >= 0.6 is 0 Å². The molecule has 0 saturated carbocycles. The van der Waals surface area contributed by atoms with Crippen molar-refractivity contribution in [1.82, 2.24) is 5.32 Å². The van der Waals surface area contributed by atoms with E-state index in [1.807, 2.05) is 7.05 Å². The highest BCUT2D eigenvalue weighted by Crippen LogP contribution is 2.09. The minimum absolute atomic E-state index is 0.323. The third-order valence-electron chi connectivity index (χ3n) is 2.80. The Hall–Kier alpha value is -0.0800. The fourth-order valence-electron chi connectivity index (χ4n) is 1.78. The molecule has 3 unspecified atom stereocenters. The van der Waals surface area contributed by atoms with Crippen LogP contribution in [0.1, 0.15) is 47.0 Å². The lowest BCUT2D eigenvalue weighted by molar-refractivity contribution is 0.0195. The third kappa shape index (κ3) is 5.61. The van der Waals surface area contributed by atoms with Gasteiger partial charge in [-0.3, -0.25) is 0 Å². The second kappa shape index (κ2) is 8.25. The highest BCUT2D eigenvalue weighted by Gasteiger charge is 2.14. The van der Waals surface area contributed by atoms with Crippen LogP contribution in [0.4, 0.5) is 0 Å². The Labute approximate surface area is 89.4 Å². The molecule has 0 radical (unpaired) electrons. The van der Waals surface area contributed by atoms with E-state index in [1.165, 1.54) is 12.8 Å². The van der Waals surface area contributed by atoms with Crippen molar-refractivity contribution in [1.29, 1.82) is 0 Å².